The Balaban J connectivity index is 2.01. The van der Waals surface area contributed by atoms with E-state index in [4.69, 9.17) is 5.73 Å². The van der Waals surface area contributed by atoms with Gasteiger partial charge in [0, 0.05) is 11.5 Å². The normalized spacial score (nSPS) is 12.1. The Morgan fingerprint density at radius 3 is 2.87 bits per heavy atom. The van der Waals surface area contributed by atoms with Crippen molar-refractivity contribution in [2.24, 2.45) is 7.05 Å². The van der Waals surface area contributed by atoms with Crippen molar-refractivity contribution < 1.29 is 0 Å². The Labute approximate surface area is 141 Å². The van der Waals surface area contributed by atoms with Crippen LogP contribution < -0.4 is 11.1 Å². The molecule has 1 unspecified atom stereocenters. The molecule has 3 rings (SSSR count). The third kappa shape index (κ3) is 2.59. The zero-order valence-corrected chi connectivity index (χ0v) is 14.2. The maximum atomic E-state index is 9.21. The molecule has 3 aromatic rings. The zero-order chi connectivity index (χ0) is 16.6. The molecule has 0 aliphatic heterocycles. The summed E-state index contributed by atoms with van der Waals surface area (Å²) < 4.78 is 2.99. The van der Waals surface area contributed by atoms with Gasteiger partial charge in [-0.2, -0.15) is 5.26 Å². The first kappa shape index (κ1) is 15.2. The minimum Gasteiger partial charge on any atom is -0.382 e. The highest BCUT2D eigenvalue weighted by molar-refractivity contribution is 9.10. The lowest BCUT2D eigenvalue weighted by molar-refractivity contribution is 0.729. The molecule has 1 atom stereocenters. The first-order chi connectivity index (χ1) is 11.0. The van der Waals surface area contributed by atoms with E-state index >= 15 is 0 Å². The summed E-state index contributed by atoms with van der Waals surface area (Å²) in [6, 6.07) is 7.74. The van der Waals surface area contributed by atoms with Crippen molar-refractivity contribution in [2.75, 3.05) is 11.1 Å². The van der Waals surface area contributed by atoms with Gasteiger partial charge in [0.1, 0.15) is 35.4 Å². The standard InChI is InChI=1S/C15H14BrN7/c1-8(21-14-9(6-17)13(18)19-7-20-14)15-22-11-5-3-4-10(16)12(11)23(15)2/h3-5,7-8H,1-2H3,(H3,18,19,20,21). The van der Waals surface area contributed by atoms with Crippen LogP contribution in [-0.4, -0.2) is 19.5 Å². The number of anilines is 2. The van der Waals surface area contributed by atoms with E-state index in [1.165, 1.54) is 6.33 Å². The Kier molecular flexibility index (Phi) is 3.88. The van der Waals surface area contributed by atoms with Gasteiger partial charge in [-0.25, -0.2) is 15.0 Å². The molecule has 7 nitrogen and oxygen atoms in total. The number of nitrogen functional groups attached to an aromatic ring is 1. The number of nitrogens with two attached hydrogens (primary N) is 1. The van der Waals surface area contributed by atoms with Crippen LogP contribution in [0.25, 0.3) is 11.0 Å². The fourth-order valence-corrected chi connectivity index (χ4v) is 3.14. The summed E-state index contributed by atoms with van der Waals surface area (Å²) in [6.07, 6.45) is 1.33. The molecule has 2 heterocycles. The SMILES string of the molecule is CC(Nc1ncnc(N)c1C#N)c1nc2cccc(Br)c2n1C. The van der Waals surface area contributed by atoms with Crippen LogP contribution in [0.2, 0.25) is 0 Å². The lowest BCUT2D eigenvalue weighted by Crippen LogP contribution is -2.14. The van der Waals surface area contributed by atoms with Crippen molar-refractivity contribution in [3.63, 3.8) is 0 Å². The molecule has 0 spiro atoms. The topological polar surface area (TPSA) is 105 Å². The monoisotopic (exact) mass is 371 g/mol. The van der Waals surface area contributed by atoms with Crippen LogP contribution in [0.3, 0.4) is 0 Å². The number of rotatable bonds is 3. The number of imidazole rings is 1. The number of hydrogen-bond acceptors (Lipinski definition) is 6. The molecule has 0 fully saturated rings. The van der Waals surface area contributed by atoms with Gasteiger partial charge in [0.2, 0.25) is 0 Å². The Bertz CT molecular complexity index is 925. The number of nitrogens with one attached hydrogen (secondary N) is 1. The minimum absolute atomic E-state index is 0.157. The minimum atomic E-state index is -0.166. The van der Waals surface area contributed by atoms with Crippen molar-refractivity contribution in [3.05, 3.63) is 40.4 Å². The molecule has 2 aromatic heterocycles. The smallest absolute Gasteiger partial charge is 0.150 e. The number of aryl methyl sites for hydroxylation is 1. The van der Waals surface area contributed by atoms with Gasteiger partial charge in [-0.3, -0.25) is 0 Å². The summed E-state index contributed by atoms with van der Waals surface area (Å²) in [6.45, 7) is 1.95. The van der Waals surface area contributed by atoms with E-state index in [-0.39, 0.29) is 17.4 Å². The van der Waals surface area contributed by atoms with E-state index in [1.54, 1.807) is 0 Å². The first-order valence-electron chi connectivity index (χ1n) is 6.91. The van der Waals surface area contributed by atoms with Crippen LogP contribution in [0.5, 0.6) is 0 Å². The van der Waals surface area contributed by atoms with Crippen LogP contribution in [0.4, 0.5) is 11.6 Å². The van der Waals surface area contributed by atoms with Crippen molar-refractivity contribution in [2.45, 2.75) is 13.0 Å². The van der Waals surface area contributed by atoms with Crippen LogP contribution in [-0.2, 0) is 7.05 Å². The summed E-state index contributed by atoms with van der Waals surface area (Å²) in [5.41, 5.74) is 7.86. The molecule has 0 amide bonds. The number of nitriles is 1. The average molecular weight is 372 g/mol. The highest BCUT2D eigenvalue weighted by Crippen LogP contribution is 2.28. The number of benzene rings is 1. The second kappa shape index (κ2) is 5.85. The quantitative estimate of drug-likeness (QED) is 0.732. The molecule has 3 N–H and O–H groups in total. The fourth-order valence-electron chi connectivity index (χ4n) is 2.51. The highest BCUT2D eigenvalue weighted by atomic mass is 79.9. The van der Waals surface area contributed by atoms with Gasteiger partial charge in [-0.05, 0) is 35.0 Å². The lowest BCUT2D eigenvalue weighted by atomic mass is 10.2. The molecule has 0 aliphatic carbocycles. The van der Waals surface area contributed by atoms with E-state index in [2.05, 4.69) is 36.2 Å². The molecule has 0 bridgehead atoms. The molecule has 0 saturated heterocycles. The molecular formula is C15H14BrN7. The van der Waals surface area contributed by atoms with Gasteiger partial charge in [0.25, 0.3) is 0 Å². The Morgan fingerprint density at radius 2 is 2.17 bits per heavy atom. The molecule has 116 valence electrons. The summed E-state index contributed by atoms with van der Waals surface area (Å²) >= 11 is 3.55. The maximum absolute atomic E-state index is 9.21. The van der Waals surface area contributed by atoms with Gasteiger partial charge in [0.15, 0.2) is 0 Å². The van der Waals surface area contributed by atoms with Crippen LogP contribution in [0, 0.1) is 11.3 Å². The summed E-state index contributed by atoms with van der Waals surface area (Å²) in [5, 5.41) is 12.4. The second-order valence-corrected chi connectivity index (χ2v) is 5.95. The molecule has 8 heteroatoms. The highest BCUT2D eigenvalue weighted by Gasteiger charge is 2.18. The van der Waals surface area contributed by atoms with Gasteiger partial charge in [0.05, 0.1) is 17.1 Å². The summed E-state index contributed by atoms with van der Waals surface area (Å²) in [7, 11) is 1.95. The van der Waals surface area contributed by atoms with Crippen molar-refractivity contribution in [3.8, 4) is 6.07 Å². The third-order valence-corrected chi connectivity index (χ3v) is 4.25. The van der Waals surface area contributed by atoms with Crippen molar-refractivity contribution in [1.82, 2.24) is 19.5 Å². The van der Waals surface area contributed by atoms with Crippen LogP contribution >= 0.6 is 15.9 Å². The molecule has 0 radical (unpaired) electrons. The van der Waals surface area contributed by atoms with Crippen LogP contribution in [0.1, 0.15) is 24.4 Å². The summed E-state index contributed by atoms with van der Waals surface area (Å²) in [5.74, 6) is 1.39. The molecule has 1 aromatic carbocycles. The van der Waals surface area contributed by atoms with Gasteiger partial charge < -0.3 is 15.6 Å². The van der Waals surface area contributed by atoms with E-state index in [0.29, 0.717) is 5.82 Å². The maximum Gasteiger partial charge on any atom is 0.150 e. The molecule has 0 aliphatic rings. The molecule has 0 saturated carbocycles. The number of para-hydroxylation sites is 1. The van der Waals surface area contributed by atoms with E-state index < -0.39 is 0 Å². The number of halogens is 1. The van der Waals surface area contributed by atoms with Crippen LogP contribution in [0.15, 0.2) is 29.0 Å². The molecular weight excluding hydrogens is 358 g/mol. The zero-order valence-electron chi connectivity index (χ0n) is 12.6. The van der Waals surface area contributed by atoms with Gasteiger partial charge in [-0.1, -0.05) is 6.07 Å². The Hall–Kier alpha value is -2.66. The van der Waals surface area contributed by atoms with E-state index in [1.807, 2.05) is 42.8 Å². The predicted octanol–water partition coefficient (Wildman–Crippen LogP) is 2.75. The third-order valence-electron chi connectivity index (χ3n) is 3.61. The van der Waals surface area contributed by atoms with E-state index in [9.17, 15) is 5.26 Å². The fraction of sp³-hybridized carbons (Fsp3) is 0.200. The largest absolute Gasteiger partial charge is 0.382 e. The number of aromatic nitrogens is 4. The Morgan fingerprint density at radius 1 is 1.39 bits per heavy atom. The second-order valence-electron chi connectivity index (χ2n) is 5.10. The number of nitrogens with zero attached hydrogens (tertiary/aromatic N) is 5. The van der Waals surface area contributed by atoms with Gasteiger partial charge in [-0.15, -0.1) is 0 Å². The predicted molar refractivity (Wildman–Crippen MR) is 91.6 cm³/mol. The van der Waals surface area contributed by atoms with Crippen molar-refractivity contribution in [1.29, 1.82) is 5.26 Å². The molecule has 23 heavy (non-hydrogen) atoms. The number of hydrogen-bond donors (Lipinski definition) is 2. The average Bonchev–Trinajstić information content (AvgIpc) is 2.86. The van der Waals surface area contributed by atoms with Crippen molar-refractivity contribution >= 4 is 38.6 Å². The lowest BCUT2D eigenvalue weighted by Gasteiger charge is -2.15. The summed E-state index contributed by atoms with van der Waals surface area (Å²) in [4.78, 5) is 12.6. The van der Waals surface area contributed by atoms with E-state index in [0.717, 1.165) is 21.3 Å². The van der Waals surface area contributed by atoms with Gasteiger partial charge >= 0.3 is 0 Å². The first-order valence-corrected chi connectivity index (χ1v) is 7.70. The number of fused-ring (bicyclic) bond motifs is 1.